The van der Waals surface area contributed by atoms with Gasteiger partial charge in [-0.3, -0.25) is 0 Å². The lowest BCUT2D eigenvalue weighted by Gasteiger charge is -2.08. The molecule has 0 aliphatic heterocycles. The lowest BCUT2D eigenvalue weighted by molar-refractivity contribution is 0.651. The summed E-state index contributed by atoms with van der Waals surface area (Å²) in [5.41, 5.74) is 3.49. The zero-order chi connectivity index (χ0) is 13.3. The van der Waals surface area contributed by atoms with Crippen molar-refractivity contribution in [2.75, 3.05) is 0 Å². The molecule has 0 aliphatic rings. The summed E-state index contributed by atoms with van der Waals surface area (Å²) >= 11 is 1.71. The minimum atomic E-state index is 0.466. The van der Waals surface area contributed by atoms with Gasteiger partial charge in [-0.05, 0) is 52.3 Å². The summed E-state index contributed by atoms with van der Waals surface area (Å²) in [6, 6.07) is 6.66. The van der Waals surface area contributed by atoms with Crippen molar-refractivity contribution >= 4 is 21.4 Å². The average Bonchev–Trinajstić information content (AvgIpc) is 2.70. The third-order valence-corrected chi connectivity index (χ3v) is 4.27. The van der Waals surface area contributed by atoms with Gasteiger partial charge in [-0.15, -0.1) is 11.3 Å². The second-order valence-corrected chi connectivity index (χ2v) is 6.45. The van der Waals surface area contributed by atoms with Gasteiger partial charge in [0.2, 0.25) is 0 Å². The van der Waals surface area contributed by atoms with Crippen molar-refractivity contribution in [1.29, 1.82) is 5.26 Å². The van der Waals surface area contributed by atoms with Crippen LogP contribution in [0.3, 0.4) is 0 Å². The van der Waals surface area contributed by atoms with Crippen LogP contribution in [-0.4, -0.2) is 0 Å². The van der Waals surface area contributed by atoms with Crippen molar-refractivity contribution in [3.05, 3.63) is 34.2 Å². The highest BCUT2D eigenvalue weighted by atomic mass is 32.1. The molecular weight excluding hydrogens is 238 g/mol. The molecule has 2 rings (SSSR count). The fraction of sp³-hybridized carbons (Fsp3) is 0.438. The Bertz CT molecular complexity index is 599. The lowest BCUT2D eigenvalue weighted by Crippen LogP contribution is -1.94. The predicted octanol–water partition coefficient (Wildman–Crippen LogP) is 5.09. The molecule has 0 amide bonds. The van der Waals surface area contributed by atoms with Gasteiger partial charge >= 0.3 is 0 Å². The van der Waals surface area contributed by atoms with Crippen molar-refractivity contribution in [2.24, 2.45) is 5.92 Å². The van der Waals surface area contributed by atoms with Crippen LogP contribution >= 0.6 is 11.3 Å². The molecule has 0 aliphatic carbocycles. The number of hydrogen-bond donors (Lipinski definition) is 0. The maximum absolute atomic E-state index is 9.29. The summed E-state index contributed by atoms with van der Waals surface area (Å²) in [4.78, 5) is 0. The van der Waals surface area contributed by atoms with Crippen LogP contribution in [0.4, 0.5) is 0 Å². The van der Waals surface area contributed by atoms with Gasteiger partial charge in [0.1, 0.15) is 6.07 Å². The SMILES string of the molecule is CC(C)Cc1csc2c(C#N)cc(C(C)C)cc12. The Balaban J connectivity index is 2.64. The molecule has 1 aromatic carbocycles. The molecular formula is C16H19NS. The first-order valence-corrected chi connectivity index (χ1v) is 7.35. The molecule has 94 valence electrons. The quantitative estimate of drug-likeness (QED) is 0.751. The topological polar surface area (TPSA) is 23.8 Å². The van der Waals surface area contributed by atoms with Crippen molar-refractivity contribution in [3.8, 4) is 6.07 Å². The normalized spacial score (nSPS) is 11.4. The number of fused-ring (bicyclic) bond motifs is 1. The minimum Gasteiger partial charge on any atom is -0.192 e. The zero-order valence-corrected chi connectivity index (χ0v) is 12.3. The Kier molecular flexibility index (Phi) is 3.73. The molecule has 1 heterocycles. The first kappa shape index (κ1) is 13.1. The van der Waals surface area contributed by atoms with Gasteiger partial charge in [0, 0.05) is 0 Å². The van der Waals surface area contributed by atoms with Crippen LogP contribution < -0.4 is 0 Å². The van der Waals surface area contributed by atoms with Crippen LogP contribution in [0.2, 0.25) is 0 Å². The third kappa shape index (κ3) is 2.42. The molecule has 2 heteroatoms. The van der Waals surface area contributed by atoms with Crippen molar-refractivity contribution in [3.63, 3.8) is 0 Å². The maximum atomic E-state index is 9.29. The van der Waals surface area contributed by atoms with Gasteiger partial charge < -0.3 is 0 Å². The van der Waals surface area contributed by atoms with Gasteiger partial charge in [0.25, 0.3) is 0 Å². The fourth-order valence-corrected chi connectivity index (χ4v) is 3.26. The van der Waals surface area contributed by atoms with Crippen LogP contribution in [0.5, 0.6) is 0 Å². The van der Waals surface area contributed by atoms with E-state index in [1.54, 1.807) is 11.3 Å². The molecule has 0 fully saturated rings. The summed E-state index contributed by atoms with van der Waals surface area (Å²) in [7, 11) is 0. The van der Waals surface area contributed by atoms with Crippen molar-refractivity contribution < 1.29 is 0 Å². The monoisotopic (exact) mass is 257 g/mol. The molecule has 1 aromatic heterocycles. The number of nitriles is 1. The molecule has 0 bridgehead atoms. The van der Waals surface area contributed by atoms with E-state index < -0.39 is 0 Å². The third-order valence-electron chi connectivity index (χ3n) is 3.19. The molecule has 0 N–H and O–H groups in total. The second-order valence-electron chi connectivity index (χ2n) is 5.57. The summed E-state index contributed by atoms with van der Waals surface area (Å²) in [5.74, 6) is 1.12. The van der Waals surface area contributed by atoms with E-state index in [0.717, 1.165) is 16.7 Å². The molecule has 2 aromatic rings. The van der Waals surface area contributed by atoms with Crippen LogP contribution in [0, 0.1) is 17.2 Å². The predicted molar refractivity (Wildman–Crippen MR) is 79.2 cm³/mol. The molecule has 0 saturated heterocycles. The Morgan fingerprint density at radius 3 is 2.50 bits per heavy atom. The van der Waals surface area contributed by atoms with E-state index in [1.165, 1.54) is 16.5 Å². The van der Waals surface area contributed by atoms with E-state index in [9.17, 15) is 5.26 Å². The van der Waals surface area contributed by atoms with E-state index >= 15 is 0 Å². The van der Waals surface area contributed by atoms with Gasteiger partial charge in [0.05, 0.1) is 10.3 Å². The number of benzene rings is 1. The number of thiophene rings is 1. The van der Waals surface area contributed by atoms with Crippen LogP contribution in [0.15, 0.2) is 17.5 Å². The van der Waals surface area contributed by atoms with Crippen LogP contribution in [-0.2, 0) is 6.42 Å². The van der Waals surface area contributed by atoms with Crippen LogP contribution in [0.1, 0.15) is 50.3 Å². The Morgan fingerprint density at radius 2 is 1.94 bits per heavy atom. The molecule has 0 radical (unpaired) electrons. The largest absolute Gasteiger partial charge is 0.192 e. The molecule has 0 saturated carbocycles. The van der Waals surface area contributed by atoms with Gasteiger partial charge in [-0.25, -0.2) is 0 Å². The maximum Gasteiger partial charge on any atom is 0.101 e. The number of nitrogens with zero attached hydrogens (tertiary/aromatic N) is 1. The molecule has 0 atom stereocenters. The Hall–Kier alpha value is -1.33. The molecule has 18 heavy (non-hydrogen) atoms. The first-order chi connectivity index (χ1) is 8.52. The number of hydrogen-bond acceptors (Lipinski definition) is 2. The Labute approximate surface area is 113 Å². The zero-order valence-electron chi connectivity index (χ0n) is 11.4. The highest BCUT2D eigenvalue weighted by molar-refractivity contribution is 7.17. The summed E-state index contributed by atoms with van der Waals surface area (Å²) in [6.45, 7) is 8.83. The van der Waals surface area contributed by atoms with E-state index in [1.807, 2.05) is 6.07 Å². The summed E-state index contributed by atoms with van der Waals surface area (Å²) in [5, 5.41) is 12.8. The van der Waals surface area contributed by atoms with E-state index in [-0.39, 0.29) is 0 Å². The van der Waals surface area contributed by atoms with Gasteiger partial charge in [0.15, 0.2) is 0 Å². The fourth-order valence-electron chi connectivity index (χ4n) is 2.22. The lowest BCUT2D eigenvalue weighted by atomic mass is 9.95. The van der Waals surface area contributed by atoms with Crippen LogP contribution in [0.25, 0.3) is 10.1 Å². The van der Waals surface area contributed by atoms with E-state index in [4.69, 9.17) is 0 Å². The highest BCUT2D eigenvalue weighted by Crippen LogP contribution is 2.33. The molecule has 0 spiro atoms. The average molecular weight is 257 g/mol. The van der Waals surface area contributed by atoms with E-state index in [2.05, 4.69) is 45.2 Å². The van der Waals surface area contributed by atoms with Gasteiger partial charge in [-0.1, -0.05) is 27.7 Å². The first-order valence-electron chi connectivity index (χ1n) is 6.47. The van der Waals surface area contributed by atoms with E-state index in [0.29, 0.717) is 11.8 Å². The van der Waals surface area contributed by atoms with Gasteiger partial charge in [-0.2, -0.15) is 5.26 Å². The number of rotatable bonds is 3. The molecule has 1 nitrogen and oxygen atoms in total. The second kappa shape index (κ2) is 5.12. The van der Waals surface area contributed by atoms with Crippen molar-refractivity contribution in [2.45, 2.75) is 40.0 Å². The summed E-state index contributed by atoms with van der Waals surface area (Å²) in [6.07, 6.45) is 1.09. The minimum absolute atomic E-state index is 0.466. The smallest absolute Gasteiger partial charge is 0.101 e. The Morgan fingerprint density at radius 1 is 1.22 bits per heavy atom. The molecule has 0 unspecified atom stereocenters. The van der Waals surface area contributed by atoms with Crippen molar-refractivity contribution in [1.82, 2.24) is 0 Å². The highest BCUT2D eigenvalue weighted by Gasteiger charge is 2.12. The summed E-state index contributed by atoms with van der Waals surface area (Å²) < 4.78 is 1.15. The standard InChI is InChI=1S/C16H19NS/c1-10(2)5-14-9-18-16-13(8-17)6-12(11(3)4)7-15(14)16/h6-7,9-11H,5H2,1-4H3.